The summed E-state index contributed by atoms with van der Waals surface area (Å²) in [7, 11) is 0. The molecule has 0 saturated heterocycles. The Kier molecular flexibility index (Phi) is 4.78. The zero-order valence-electron chi connectivity index (χ0n) is 13.1. The van der Waals surface area contributed by atoms with E-state index in [1.807, 2.05) is 42.8 Å². The van der Waals surface area contributed by atoms with E-state index in [2.05, 4.69) is 26.3 Å². The summed E-state index contributed by atoms with van der Waals surface area (Å²) in [6.45, 7) is 4.38. The molecule has 0 bridgehead atoms. The van der Waals surface area contributed by atoms with E-state index in [1.54, 1.807) is 12.1 Å². The summed E-state index contributed by atoms with van der Waals surface area (Å²) in [5, 5.41) is 8.07. The van der Waals surface area contributed by atoms with Crippen LogP contribution >= 0.6 is 27.5 Å². The summed E-state index contributed by atoms with van der Waals surface area (Å²) in [4.78, 5) is 12.3. The minimum absolute atomic E-state index is 0.242. The van der Waals surface area contributed by atoms with Crippen LogP contribution in [0.15, 0.2) is 45.5 Å². The molecule has 2 aromatic heterocycles. The number of anilines is 1. The molecule has 1 aromatic carbocycles. The smallest absolute Gasteiger partial charge is 0.291 e. The maximum Gasteiger partial charge on any atom is 0.291 e. The zero-order chi connectivity index (χ0) is 17.3. The Bertz CT molecular complexity index is 884. The number of carbonyl (C=O) groups excluding carboxylic acids is 1. The van der Waals surface area contributed by atoms with Gasteiger partial charge in [-0.05, 0) is 59.6 Å². The van der Waals surface area contributed by atoms with Crippen molar-refractivity contribution in [1.82, 2.24) is 9.78 Å². The van der Waals surface area contributed by atoms with Crippen LogP contribution in [-0.4, -0.2) is 15.7 Å². The third kappa shape index (κ3) is 3.55. The molecule has 0 fully saturated rings. The Balaban J connectivity index is 1.81. The SMILES string of the molecule is Cc1nn(Cc2ccc(Cl)cc2)c(C)c1NC(=O)c1ccc(Br)o1. The van der Waals surface area contributed by atoms with Crippen LogP contribution < -0.4 is 5.32 Å². The van der Waals surface area contributed by atoms with Gasteiger partial charge in [0.15, 0.2) is 10.4 Å². The fourth-order valence-electron chi connectivity index (χ4n) is 2.41. The van der Waals surface area contributed by atoms with E-state index in [4.69, 9.17) is 16.0 Å². The first-order valence-corrected chi connectivity index (χ1v) is 8.46. The Morgan fingerprint density at radius 2 is 1.96 bits per heavy atom. The summed E-state index contributed by atoms with van der Waals surface area (Å²) in [5.74, 6) is -0.0657. The number of hydrogen-bond acceptors (Lipinski definition) is 3. The van der Waals surface area contributed by atoms with Crippen molar-refractivity contribution >= 4 is 39.1 Å². The van der Waals surface area contributed by atoms with E-state index in [1.165, 1.54) is 0 Å². The van der Waals surface area contributed by atoms with E-state index in [9.17, 15) is 4.79 Å². The molecule has 7 heteroatoms. The predicted molar refractivity (Wildman–Crippen MR) is 96.6 cm³/mol. The van der Waals surface area contributed by atoms with Gasteiger partial charge in [-0.25, -0.2) is 0 Å². The number of aromatic nitrogens is 2. The number of amides is 1. The molecule has 3 rings (SSSR count). The van der Waals surface area contributed by atoms with Crippen molar-refractivity contribution in [2.75, 3.05) is 5.32 Å². The first kappa shape index (κ1) is 16.8. The molecular weight excluding hydrogens is 394 g/mol. The van der Waals surface area contributed by atoms with E-state index < -0.39 is 0 Å². The number of halogens is 2. The van der Waals surface area contributed by atoms with Crippen LogP contribution in [0.1, 0.15) is 27.5 Å². The molecule has 0 spiro atoms. The van der Waals surface area contributed by atoms with E-state index in [0.29, 0.717) is 21.9 Å². The monoisotopic (exact) mass is 407 g/mol. The Morgan fingerprint density at radius 3 is 2.58 bits per heavy atom. The highest BCUT2D eigenvalue weighted by atomic mass is 79.9. The Hall–Kier alpha value is -2.05. The van der Waals surface area contributed by atoms with Gasteiger partial charge in [-0.1, -0.05) is 23.7 Å². The molecule has 0 saturated carbocycles. The third-order valence-corrected chi connectivity index (χ3v) is 4.34. The van der Waals surface area contributed by atoms with Gasteiger partial charge in [0.05, 0.1) is 23.6 Å². The number of hydrogen-bond donors (Lipinski definition) is 1. The van der Waals surface area contributed by atoms with E-state index in [0.717, 1.165) is 17.0 Å². The lowest BCUT2D eigenvalue weighted by atomic mass is 10.2. The quantitative estimate of drug-likeness (QED) is 0.674. The summed E-state index contributed by atoms with van der Waals surface area (Å²) in [5.41, 5.74) is 3.40. The second kappa shape index (κ2) is 6.83. The van der Waals surface area contributed by atoms with Crippen LogP contribution in [0.25, 0.3) is 0 Å². The summed E-state index contributed by atoms with van der Waals surface area (Å²) >= 11 is 9.10. The number of furan rings is 1. The van der Waals surface area contributed by atoms with E-state index in [-0.39, 0.29) is 11.7 Å². The van der Waals surface area contributed by atoms with Gasteiger partial charge in [0.1, 0.15) is 0 Å². The second-order valence-corrected chi connectivity index (χ2v) is 6.61. The molecule has 5 nitrogen and oxygen atoms in total. The second-order valence-electron chi connectivity index (χ2n) is 5.39. The first-order chi connectivity index (χ1) is 11.4. The molecule has 0 atom stereocenters. The van der Waals surface area contributed by atoms with Gasteiger partial charge in [-0.15, -0.1) is 0 Å². The summed E-state index contributed by atoms with van der Waals surface area (Å²) in [6, 6.07) is 10.9. The molecule has 0 radical (unpaired) electrons. The molecule has 0 unspecified atom stereocenters. The lowest BCUT2D eigenvalue weighted by molar-refractivity contribution is 0.0995. The molecule has 1 N–H and O–H groups in total. The minimum Gasteiger partial charge on any atom is -0.444 e. The van der Waals surface area contributed by atoms with Crippen LogP contribution in [0, 0.1) is 13.8 Å². The number of nitrogens with one attached hydrogen (secondary N) is 1. The highest BCUT2D eigenvalue weighted by Crippen LogP contribution is 2.23. The highest BCUT2D eigenvalue weighted by Gasteiger charge is 2.17. The van der Waals surface area contributed by atoms with Gasteiger partial charge < -0.3 is 9.73 Å². The van der Waals surface area contributed by atoms with Gasteiger partial charge in [-0.3, -0.25) is 9.48 Å². The fourth-order valence-corrected chi connectivity index (χ4v) is 2.84. The van der Waals surface area contributed by atoms with Crippen molar-refractivity contribution in [2.24, 2.45) is 0 Å². The largest absolute Gasteiger partial charge is 0.444 e. The number of aryl methyl sites for hydroxylation is 1. The summed E-state index contributed by atoms with van der Waals surface area (Å²) in [6.07, 6.45) is 0. The lowest BCUT2D eigenvalue weighted by Crippen LogP contribution is -2.12. The van der Waals surface area contributed by atoms with E-state index >= 15 is 0 Å². The maximum atomic E-state index is 12.3. The van der Waals surface area contributed by atoms with Crippen molar-refractivity contribution in [2.45, 2.75) is 20.4 Å². The van der Waals surface area contributed by atoms with Crippen molar-refractivity contribution in [3.63, 3.8) is 0 Å². The molecule has 2 heterocycles. The number of nitrogens with zero attached hydrogens (tertiary/aromatic N) is 2. The van der Waals surface area contributed by atoms with Crippen molar-refractivity contribution < 1.29 is 9.21 Å². The number of benzene rings is 1. The highest BCUT2D eigenvalue weighted by molar-refractivity contribution is 9.10. The van der Waals surface area contributed by atoms with Crippen molar-refractivity contribution in [1.29, 1.82) is 0 Å². The molecule has 0 aliphatic carbocycles. The van der Waals surface area contributed by atoms with Gasteiger partial charge in [-0.2, -0.15) is 5.10 Å². The predicted octanol–water partition coefficient (Wildman–Crippen LogP) is 4.81. The van der Waals surface area contributed by atoms with Crippen molar-refractivity contribution in [3.8, 4) is 0 Å². The topological polar surface area (TPSA) is 60.1 Å². The van der Waals surface area contributed by atoms with Gasteiger partial charge >= 0.3 is 0 Å². The Morgan fingerprint density at radius 1 is 1.25 bits per heavy atom. The average Bonchev–Trinajstić information content (AvgIpc) is 3.09. The average molecular weight is 409 g/mol. The first-order valence-electron chi connectivity index (χ1n) is 7.29. The zero-order valence-corrected chi connectivity index (χ0v) is 15.5. The van der Waals surface area contributed by atoms with Gasteiger partial charge in [0, 0.05) is 5.02 Å². The minimum atomic E-state index is -0.307. The molecule has 24 heavy (non-hydrogen) atoms. The van der Waals surface area contributed by atoms with Gasteiger partial charge in [0.2, 0.25) is 0 Å². The number of rotatable bonds is 4. The Labute approximate surface area is 152 Å². The van der Waals surface area contributed by atoms with Crippen LogP contribution in [0.5, 0.6) is 0 Å². The van der Waals surface area contributed by atoms with Crippen LogP contribution in [0.2, 0.25) is 5.02 Å². The van der Waals surface area contributed by atoms with Crippen LogP contribution in [0.3, 0.4) is 0 Å². The molecule has 124 valence electrons. The van der Waals surface area contributed by atoms with Gasteiger partial charge in [0.25, 0.3) is 5.91 Å². The normalized spacial score (nSPS) is 10.8. The third-order valence-electron chi connectivity index (χ3n) is 3.66. The fraction of sp³-hybridized carbons (Fsp3) is 0.176. The molecular formula is C17H15BrClN3O2. The molecule has 0 aliphatic rings. The molecule has 3 aromatic rings. The van der Waals surface area contributed by atoms with Crippen molar-refractivity contribution in [3.05, 3.63) is 68.8 Å². The lowest BCUT2D eigenvalue weighted by Gasteiger charge is -2.06. The maximum absolute atomic E-state index is 12.3. The molecule has 0 aliphatic heterocycles. The van der Waals surface area contributed by atoms with Crippen LogP contribution in [-0.2, 0) is 6.54 Å². The standard InChI is InChI=1S/C17H15BrClN3O2/c1-10-16(20-17(23)14-7-8-15(18)24-14)11(2)22(21-10)9-12-3-5-13(19)6-4-12/h3-8H,9H2,1-2H3,(H,20,23). The number of carbonyl (C=O) groups is 1. The molecule has 1 amide bonds. The summed E-state index contributed by atoms with van der Waals surface area (Å²) < 4.78 is 7.64. The van der Waals surface area contributed by atoms with Crippen LogP contribution in [0.4, 0.5) is 5.69 Å².